The standard InChI is InChI=1S/C22H16BrN3O2/c1-14-25-20-11-6-16(23)12-19(20)22(28)26(14)18-9-7-17(8-10-18)24-13-15-4-2-3-5-21(15)27/h2-13,27H,1H3. The number of phenols is 1. The molecule has 0 bridgehead atoms. The molecular formula is C22H16BrN3O2. The first kappa shape index (κ1) is 18.1. The number of rotatable bonds is 3. The summed E-state index contributed by atoms with van der Waals surface area (Å²) in [5.74, 6) is 0.795. The summed E-state index contributed by atoms with van der Waals surface area (Å²) in [6.07, 6.45) is 1.61. The van der Waals surface area contributed by atoms with Gasteiger partial charge in [0.1, 0.15) is 11.6 Å². The van der Waals surface area contributed by atoms with E-state index in [1.807, 2.05) is 49.4 Å². The van der Waals surface area contributed by atoms with Crippen molar-refractivity contribution in [2.24, 2.45) is 4.99 Å². The number of aryl methyl sites for hydroxylation is 1. The quantitative estimate of drug-likeness (QED) is 0.466. The lowest BCUT2D eigenvalue weighted by molar-refractivity contribution is 0.474. The molecule has 0 unspecified atom stereocenters. The monoisotopic (exact) mass is 433 g/mol. The molecule has 28 heavy (non-hydrogen) atoms. The Kier molecular flexibility index (Phi) is 4.79. The van der Waals surface area contributed by atoms with Crippen molar-refractivity contribution in [1.29, 1.82) is 0 Å². The van der Waals surface area contributed by atoms with Gasteiger partial charge in [0, 0.05) is 16.3 Å². The summed E-state index contributed by atoms with van der Waals surface area (Å²) in [4.78, 5) is 21.9. The number of aromatic hydroxyl groups is 1. The lowest BCUT2D eigenvalue weighted by Gasteiger charge is -2.11. The molecule has 1 heterocycles. The molecule has 0 radical (unpaired) electrons. The molecule has 3 aromatic carbocycles. The lowest BCUT2D eigenvalue weighted by Crippen LogP contribution is -2.22. The average molecular weight is 434 g/mol. The van der Waals surface area contributed by atoms with Crippen molar-refractivity contribution in [2.45, 2.75) is 6.92 Å². The van der Waals surface area contributed by atoms with E-state index in [9.17, 15) is 9.90 Å². The van der Waals surface area contributed by atoms with Gasteiger partial charge in [-0.3, -0.25) is 14.4 Å². The van der Waals surface area contributed by atoms with Crippen molar-refractivity contribution < 1.29 is 5.11 Å². The molecular weight excluding hydrogens is 418 g/mol. The van der Waals surface area contributed by atoms with Crippen molar-refractivity contribution in [3.63, 3.8) is 0 Å². The summed E-state index contributed by atoms with van der Waals surface area (Å²) in [5, 5.41) is 10.4. The molecule has 0 aliphatic heterocycles. The number of aliphatic imine (C=N–C) groups is 1. The minimum absolute atomic E-state index is 0.116. The van der Waals surface area contributed by atoms with E-state index in [4.69, 9.17) is 0 Å². The number of benzene rings is 3. The molecule has 6 heteroatoms. The first-order valence-corrected chi connectivity index (χ1v) is 9.43. The number of hydrogen-bond acceptors (Lipinski definition) is 4. The molecule has 0 aliphatic carbocycles. The Hall–Kier alpha value is -3.25. The van der Waals surface area contributed by atoms with Gasteiger partial charge in [0.05, 0.1) is 22.3 Å². The van der Waals surface area contributed by atoms with Crippen LogP contribution in [-0.4, -0.2) is 20.9 Å². The van der Waals surface area contributed by atoms with Gasteiger partial charge in [-0.25, -0.2) is 4.98 Å². The zero-order chi connectivity index (χ0) is 19.7. The van der Waals surface area contributed by atoms with Crippen LogP contribution in [-0.2, 0) is 0 Å². The van der Waals surface area contributed by atoms with Gasteiger partial charge in [-0.05, 0) is 61.5 Å². The second kappa shape index (κ2) is 7.40. The normalized spacial score (nSPS) is 11.4. The topological polar surface area (TPSA) is 67.5 Å². The Morgan fingerprint density at radius 3 is 2.57 bits per heavy atom. The van der Waals surface area contributed by atoms with Crippen molar-refractivity contribution in [2.75, 3.05) is 0 Å². The summed E-state index contributed by atoms with van der Waals surface area (Å²) >= 11 is 3.41. The van der Waals surface area contributed by atoms with Crippen LogP contribution < -0.4 is 5.56 Å². The van der Waals surface area contributed by atoms with Crippen LogP contribution in [0.5, 0.6) is 5.75 Å². The predicted molar refractivity (Wildman–Crippen MR) is 115 cm³/mol. The minimum atomic E-state index is -0.116. The minimum Gasteiger partial charge on any atom is -0.507 e. The van der Waals surface area contributed by atoms with Crippen LogP contribution in [0.25, 0.3) is 16.6 Å². The van der Waals surface area contributed by atoms with Gasteiger partial charge >= 0.3 is 0 Å². The highest BCUT2D eigenvalue weighted by molar-refractivity contribution is 9.10. The fourth-order valence-corrected chi connectivity index (χ4v) is 3.36. The fourth-order valence-electron chi connectivity index (χ4n) is 3.00. The molecule has 4 rings (SSSR count). The number of hydrogen-bond donors (Lipinski definition) is 1. The highest BCUT2D eigenvalue weighted by atomic mass is 79.9. The van der Waals surface area contributed by atoms with Gasteiger partial charge in [-0.2, -0.15) is 0 Å². The van der Waals surface area contributed by atoms with Gasteiger partial charge in [-0.15, -0.1) is 0 Å². The summed E-state index contributed by atoms with van der Waals surface area (Å²) in [6.45, 7) is 1.81. The van der Waals surface area contributed by atoms with E-state index in [1.54, 1.807) is 35.0 Å². The molecule has 1 N–H and O–H groups in total. The van der Waals surface area contributed by atoms with E-state index in [2.05, 4.69) is 25.9 Å². The Morgan fingerprint density at radius 1 is 1.07 bits per heavy atom. The van der Waals surface area contributed by atoms with Crippen LogP contribution in [0.15, 0.2) is 81.0 Å². The third-order valence-corrected chi connectivity index (χ3v) is 4.89. The van der Waals surface area contributed by atoms with Gasteiger partial charge in [0.25, 0.3) is 5.56 Å². The first-order chi connectivity index (χ1) is 13.5. The number of nitrogens with zero attached hydrogens (tertiary/aromatic N) is 3. The van der Waals surface area contributed by atoms with E-state index in [-0.39, 0.29) is 11.3 Å². The molecule has 0 spiro atoms. The summed E-state index contributed by atoms with van der Waals surface area (Å²) in [5.41, 5.74) is 2.63. The Morgan fingerprint density at radius 2 is 1.82 bits per heavy atom. The maximum atomic E-state index is 13.0. The molecule has 1 aromatic heterocycles. The Balaban J connectivity index is 1.71. The van der Waals surface area contributed by atoms with Crippen molar-refractivity contribution in [1.82, 2.24) is 9.55 Å². The second-order valence-corrected chi connectivity index (χ2v) is 7.21. The van der Waals surface area contributed by atoms with Crippen molar-refractivity contribution in [3.8, 4) is 11.4 Å². The summed E-state index contributed by atoms with van der Waals surface area (Å²) < 4.78 is 2.42. The van der Waals surface area contributed by atoms with Crippen molar-refractivity contribution >= 4 is 38.7 Å². The Bertz CT molecular complexity index is 1260. The van der Waals surface area contributed by atoms with Crippen LogP contribution in [0.3, 0.4) is 0 Å². The predicted octanol–water partition coefficient (Wildman–Crippen LogP) is 4.91. The molecule has 5 nitrogen and oxygen atoms in total. The molecule has 0 fully saturated rings. The zero-order valence-corrected chi connectivity index (χ0v) is 16.6. The molecule has 0 aliphatic rings. The van der Waals surface area contributed by atoms with Gasteiger partial charge < -0.3 is 5.11 Å². The van der Waals surface area contributed by atoms with Gasteiger partial charge in [0.15, 0.2) is 0 Å². The maximum Gasteiger partial charge on any atom is 0.265 e. The van der Waals surface area contributed by atoms with Crippen LogP contribution in [0.4, 0.5) is 5.69 Å². The van der Waals surface area contributed by atoms with E-state index >= 15 is 0 Å². The van der Waals surface area contributed by atoms with Crippen molar-refractivity contribution in [3.05, 3.63) is 92.9 Å². The van der Waals surface area contributed by atoms with E-state index in [1.165, 1.54) is 0 Å². The molecule has 0 atom stereocenters. The average Bonchev–Trinajstić information content (AvgIpc) is 2.69. The smallest absolute Gasteiger partial charge is 0.265 e. The number of para-hydroxylation sites is 1. The molecule has 0 saturated heterocycles. The molecule has 138 valence electrons. The van der Waals surface area contributed by atoms with E-state index in [0.717, 1.165) is 10.2 Å². The number of fused-ring (bicyclic) bond motifs is 1. The number of phenolic OH excluding ortho intramolecular Hbond substituents is 1. The van der Waals surface area contributed by atoms with Crippen LogP contribution in [0.1, 0.15) is 11.4 Å². The number of halogens is 1. The SMILES string of the molecule is Cc1nc2ccc(Br)cc2c(=O)n1-c1ccc(N=Cc2ccccc2O)cc1. The Labute approximate surface area is 169 Å². The van der Waals surface area contributed by atoms with Crippen LogP contribution in [0, 0.1) is 6.92 Å². The first-order valence-electron chi connectivity index (χ1n) is 8.64. The largest absolute Gasteiger partial charge is 0.507 e. The van der Waals surface area contributed by atoms with Gasteiger partial charge in [0.2, 0.25) is 0 Å². The molecule has 0 amide bonds. The highest BCUT2D eigenvalue weighted by Gasteiger charge is 2.10. The summed E-state index contributed by atoms with van der Waals surface area (Å²) in [6, 6.07) is 19.8. The van der Waals surface area contributed by atoms with E-state index < -0.39 is 0 Å². The van der Waals surface area contributed by atoms with Crippen LogP contribution in [0.2, 0.25) is 0 Å². The van der Waals surface area contributed by atoms with Crippen LogP contribution >= 0.6 is 15.9 Å². The molecule has 0 saturated carbocycles. The third-order valence-electron chi connectivity index (χ3n) is 4.40. The number of aromatic nitrogens is 2. The second-order valence-electron chi connectivity index (χ2n) is 6.29. The maximum absolute atomic E-state index is 13.0. The lowest BCUT2D eigenvalue weighted by atomic mass is 10.2. The van der Waals surface area contributed by atoms with Gasteiger partial charge in [-0.1, -0.05) is 28.1 Å². The fraction of sp³-hybridized carbons (Fsp3) is 0.0455. The highest BCUT2D eigenvalue weighted by Crippen LogP contribution is 2.20. The zero-order valence-electron chi connectivity index (χ0n) is 15.0. The van der Waals surface area contributed by atoms with E-state index in [0.29, 0.717) is 28.0 Å². The summed E-state index contributed by atoms with van der Waals surface area (Å²) in [7, 11) is 0. The third kappa shape index (κ3) is 3.46. The molecule has 4 aromatic rings.